The minimum Gasteiger partial charge on any atom is -0.478 e. The molecule has 0 aliphatic carbocycles. The van der Waals surface area contributed by atoms with Gasteiger partial charge in [0.05, 0.1) is 5.56 Å². The topological polar surface area (TPSA) is 72.3 Å². The van der Waals surface area contributed by atoms with Crippen LogP contribution in [0.1, 0.15) is 27.4 Å². The van der Waals surface area contributed by atoms with E-state index in [4.69, 9.17) is 9.84 Å². The first-order chi connectivity index (χ1) is 8.97. The van der Waals surface area contributed by atoms with E-state index >= 15 is 0 Å². The van der Waals surface area contributed by atoms with Crippen LogP contribution in [-0.2, 0) is 0 Å². The molecule has 0 spiro atoms. The summed E-state index contributed by atoms with van der Waals surface area (Å²) in [5.74, 6) is 0.718. The molecule has 0 bridgehead atoms. The van der Waals surface area contributed by atoms with E-state index in [0.29, 0.717) is 17.5 Å². The average Bonchev–Trinajstić information content (AvgIpc) is 2.36. The molecule has 1 aromatic carbocycles. The van der Waals surface area contributed by atoms with E-state index in [2.05, 4.69) is 9.97 Å². The molecule has 0 saturated heterocycles. The fraction of sp³-hybridized carbons (Fsp3) is 0.214. The number of benzene rings is 1. The molecule has 0 saturated carbocycles. The number of nitrogens with zero attached hydrogens (tertiary/aromatic N) is 2. The van der Waals surface area contributed by atoms with Gasteiger partial charge in [-0.25, -0.2) is 9.78 Å². The minimum atomic E-state index is -0.962. The Balaban J connectivity index is 2.28. The van der Waals surface area contributed by atoms with Crippen molar-refractivity contribution in [1.82, 2.24) is 9.97 Å². The number of ether oxygens (including phenoxy) is 1. The standard InChI is InChI=1S/C14H14N2O3/c1-8-9(2)15-10(3)16-13(8)19-12-6-4-11(5-7-12)14(17)18/h4-7H,1-3H3,(H,17,18). The summed E-state index contributed by atoms with van der Waals surface area (Å²) in [7, 11) is 0. The summed E-state index contributed by atoms with van der Waals surface area (Å²) < 4.78 is 5.66. The normalized spacial score (nSPS) is 10.3. The Morgan fingerprint density at radius 2 is 1.74 bits per heavy atom. The summed E-state index contributed by atoms with van der Waals surface area (Å²) >= 11 is 0. The van der Waals surface area contributed by atoms with Crippen LogP contribution < -0.4 is 4.74 Å². The van der Waals surface area contributed by atoms with Crippen LogP contribution in [0.25, 0.3) is 0 Å². The highest BCUT2D eigenvalue weighted by Gasteiger charge is 2.09. The zero-order chi connectivity index (χ0) is 14.0. The molecule has 0 fully saturated rings. The van der Waals surface area contributed by atoms with E-state index in [0.717, 1.165) is 11.3 Å². The van der Waals surface area contributed by atoms with Crippen molar-refractivity contribution in [2.45, 2.75) is 20.8 Å². The summed E-state index contributed by atoms with van der Waals surface area (Å²) in [6, 6.07) is 6.20. The second-order valence-corrected chi connectivity index (χ2v) is 4.22. The summed E-state index contributed by atoms with van der Waals surface area (Å²) in [5, 5.41) is 8.82. The lowest BCUT2D eigenvalue weighted by Crippen LogP contribution is -2.00. The lowest BCUT2D eigenvalue weighted by atomic mass is 10.2. The molecule has 2 rings (SSSR count). The zero-order valence-corrected chi connectivity index (χ0v) is 11.0. The van der Waals surface area contributed by atoms with Crippen LogP contribution in [0.2, 0.25) is 0 Å². The average molecular weight is 258 g/mol. The second-order valence-electron chi connectivity index (χ2n) is 4.22. The lowest BCUT2D eigenvalue weighted by Gasteiger charge is -2.10. The van der Waals surface area contributed by atoms with E-state index in [9.17, 15) is 4.79 Å². The molecule has 0 unspecified atom stereocenters. The lowest BCUT2D eigenvalue weighted by molar-refractivity contribution is 0.0697. The molecule has 1 aromatic heterocycles. The van der Waals surface area contributed by atoms with Crippen molar-refractivity contribution in [3.63, 3.8) is 0 Å². The fourth-order valence-corrected chi connectivity index (χ4v) is 1.61. The number of hydrogen-bond acceptors (Lipinski definition) is 4. The van der Waals surface area contributed by atoms with Crippen molar-refractivity contribution in [1.29, 1.82) is 0 Å². The van der Waals surface area contributed by atoms with Gasteiger partial charge in [-0.1, -0.05) is 0 Å². The van der Waals surface area contributed by atoms with E-state index in [-0.39, 0.29) is 5.56 Å². The SMILES string of the molecule is Cc1nc(C)c(C)c(Oc2ccc(C(=O)O)cc2)n1. The molecule has 1 N–H and O–H groups in total. The smallest absolute Gasteiger partial charge is 0.335 e. The number of carboxylic acids is 1. The number of carboxylic acid groups (broad SMARTS) is 1. The van der Waals surface area contributed by atoms with Crippen LogP contribution in [0.3, 0.4) is 0 Å². The Hall–Kier alpha value is -2.43. The van der Waals surface area contributed by atoms with E-state index < -0.39 is 5.97 Å². The van der Waals surface area contributed by atoms with Gasteiger partial charge in [0.25, 0.3) is 0 Å². The number of hydrogen-bond donors (Lipinski definition) is 1. The Bertz CT molecular complexity index is 621. The van der Waals surface area contributed by atoms with Crippen molar-refractivity contribution >= 4 is 5.97 Å². The third-order valence-electron chi connectivity index (χ3n) is 2.77. The van der Waals surface area contributed by atoms with Crippen molar-refractivity contribution in [3.05, 3.63) is 46.9 Å². The number of aromatic carboxylic acids is 1. The molecule has 0 atom stereocenters. The Labute approximate surface area is 110 Å². The predicted octanol–water partition coefficient (Wildman–Crippen LogP) is 2.89. The zero-order valence-electron chi connectivity index (χ0n) is 11.0. The molecule has 1 heterocycles. The third-order valence-corrected chi connectivity index (χ3v) is 2.77. The Morgan fingerprint density at radius 1 is 1.11 bits per heavy atom. The fourth-order valence-electron chi connectivity index (χ4n) is 1.61. The summed E-state index contributed by atoms with van der Waals surface area (Å²) in [4.78, 5) is 19.2. The first-order valence-electron chi connectivity index (χ1n) is 5.80. The van der Waals surface area contributed by atoms with Gasteiger partial charge in [-0.3, -0.25) is 0 Å². The summed E-state index contributed by atoms with van der Waals surface area (Å²) in [6.07, 6.45) is 0. The molecule has 0 radical (unpaired) electrons. The largest absolute Gasteiger partial charge is 0.478 e. The minimum absolute atomic E-state index is 0.221. The molecule has 5 nitrogen and oxygen atoms in total. The van der Waals surface area contributed by atoms with Crippen LogP contribution in [0.4, 0.5) is 0 Å². The van der Waals surface area contributed by atoms with Gasteiger partial charge in [-0.05, 0) is 45.0 Å². The molecule has 19 heavy (non-hydrogen) atoms. The molecule has 0 aliphatic rings. The Morgan fingerprint density at radius 3 is 2.32 bits per heavy atom. The van der Waals surface area contributed by atoms with Gasteiger partial charge in [0.1, 0.15) is 11.6 Å². The number of rotatable bonds is 3. The molecule has 98 valence electrons. The van der Waals surface area contributed by atoms with Crippen molar-refractivity contribution in [2.75, 3.05) is 0 Å². The maximum absolute atomic E-state index is 10.8. The van der Waals surface area contributed by atoms with Crippen LogP contribution in [-0.4, -0.2) is 21.0 Å². The van der Waals surface area contributed by atoms with Crippen molar-refractivity contribution in [2.24, 2.45) is 0 Å². The molecule has 0 aliphatic heterocycles. The number of aryl methyl sites for hydroxylation is 2. The highest BCUT2D eigenvalue weighted by molar-refractivity contribution is 5.87. The van der Waals surface area contributed by atoms with Gasteiger partial charge in [-0.2, -0.15) is 4.98 Å². The van der Waals surface area contributed by atoms with E-state index in [1.54, 1.807) is 19.1 Å². The summed E-state index contributed by atoms with van der Waals surface area (Å²) in [5.41, 5.74) is 1.96. The summed E-state index contributed by atoms with van der Waals surface area (Å²) in [6.45, 7) is 5.58. The Kier molecular flexibility index (Phi) is 3.46. The van der Waals surface area contributed by atoms with Gasteiger partial charge in [0, 0.05) is 11.3 Å². The monoisotopic (exact) mass is 258 g/mol. The van der Waals surface area contributed by atoms with Crippen molar-refractivity contribution in [3.8, 4) is 11.6 Å². The molecular weight excluding hydrogens is 244 g/mol. The van der Waals surface area contributed by atoms with E-state index in [1.165, 1.54) is 12.1 Å². The maximum atomic E-state index is 10.8. The quantitative estimate of drug-likeness (QED) is 0.916. The van der Waals surface area contributed by atoms with Crippen LogP contribution >= 0.6 is 0 Å². The van der Waals surface area contributed by atoms with Gasteiger partial charge in [-0.15, -0.1) is 0 Å². The predicted molar refractivity (Wildman–Crippen MR) is 69.7 cm³/mol. The first-order valence-corrected chi connectivity index (χ1v) is 5.80. The van der Waals surface area contributed by atoms with Gasteiger partial charge in [0.2, 0.25) is 5.88 Å². The molecule has 2 aromatic rings. The van der Waals surface area contributed by atoms with Crippen LogP contribution in [0.15, 0.2) is 24.3 Å². The highest BCUT2D eigenvalue weighted by Crippen LogP contribution is 2.24. The van der Waals surface area contributed by atoms with Crippen LogP contribution in [0.5, 0.6) is 11.6 Å². The number of carbonyl (C=O) groups is 1. The molecular formula is C14H14N2O3. The molecule has 5 heteroatoms. The van der Waals surface area contributed by atoms with Gasteiger partial charge in [0.15, 0.2) is 0 Å². The van der Waals surface area contributed by atoms with Gasteiger partial charge < -0.3 is 9.84 Å². The maximum Gasteiger partial charge on any atom is 0.335 e. The molecule has 0 amide bonds. The van der Waals surface area contributed by atoms with Gasteiger partial charge >= 0.3 is 5.97 Å². The number of aromatic nitrogens is 2. The van der Waals surface area contributed by atoms with E-state index in [1.807, 2.05) is 13.8 Å². The third kappa shape index (κ3) is 2.88. The highest BCUT2D eigenvalue weighted by atomic mass is 16.5. The van der Waals surface area contributed by atoms with Crippen LogP contribution in [0, 0.1) is 20.8 Å². The second kappa shape index (κ2) is 5.06. The first kappa shape index (κ1) is 13.0. The van der Waals surface area contributed by atoms with Crippen molar-refractivity contribution < 1.29 is 14.6 Å².